The first-order chi connectivity index (χ1) is 13.4. The molecule has 1 aromatic heterocycles. The number of aromatic amines is 1. The van der Waals surface area contributed by atoms with Gasteiger partial charge < -0.3 is 9.88 Å². The Morgan fingerprint density at radius 2 is 1.89 bits per heavy atom. The van der Waals surface area contributed by atoms with Crippen molar-refractivity contribution in [1.29, 1.82) is 0 Å². The van der Waals surface area contributed by atoms with Crippen LogP contribution in [0, 0.1) is 0 Å². The molecule has 3 aromatic rings. The summed E-state index contributed by atoms with van der Waals surface area (Å²) in [6, 6.07) is 9.27. The first-order valence-corrected chi connectivity index (χ1v) is 10.5. The third kappa shape index (κ3) is 3.95. The zero-order chi connectivity index (χ0) is 19.8. The molecule has 6 heteroatoms. The van der Waals surface area contributed by atoms with Crippen molar-refractivity contribution in [2.24, 2.45) is 0 Å². The standard InChI is InChI=1S/C22H21Cl3N2O/c1-27-6-4-14(5-7-27)18-12-26-20-3-2-13(8-16(18)20)9-21(28)17-10-15(23)11-19(24)22(17)25/h2-3,8,10-12,14,26H,4-7,9H2,1H3. The monoisotopic (exact) mass is 434 g/mol. The lowest BCUT2D eigenvalue weighted by molar-refractivity contribution is 0.0993. The van der Waals surface area contributed by atoms with Gasteiger partial charge in [0.05, 0.1) is 10.0 Å². The van der Waals surface area contributed by atoms with Gasteiger partial charge in [0, 0.05) is 34.1 Å². The van der Waals surface area contributed by atoms with Gasteiger partial charge in [0.2, 0.25) is 0 Å². The largest absolute Gasteiger partial charge is 0.361 e. The molecule has 1 aliphatic rings. The third-order valence-corrected chi connectivity index (χ3v) is 6.61. The van der Waals surface area contributed by atoms with E-state index in [1.54, 1.807) is 12.1 Å². The van der Waals surface area contributed by atoms with Crippen molar-refractivity contribution >= 4 is 51.5 Å². The van der Waals surface area contributed by atoms with Crippen LogP contribution in [0.25, 0.3) is 10.9 Å². The van der Waals surface area contributed by atoms with Crippen LogP contribution >= 0.6 is 34.8 Å². The van der Waals surface area contributed by atoms with Crippen LogP contribution in [0.1, 0.15) is 40.2 Å². The predicted octanol–water partition coefficient (Wildman–Crippen LogP) is 6.36. The van der Waals surface area contributed by atoms with E-state index in [4.69, 9.17) is 34.8 Å². The summed E-state index contributed by atoms with van der Waals surface area (Å²) < 4.78 is 0. The molecule has 0 spiro atoms. The van der Waals surface area contributed by atoms with E-state index in [9.17, 15) is 4.79 Å². The lowest BCUT2D eigenvalue weighted by Gasteiger charge is -2.28. The maximum Gasteiger partial charge on any atom is 0.168 e. The zero-order valence-electron chi connectivity index (χ0n) is 15.6. The molecule has 0 unspecified atom stereocenters. The van der Waals surface area contributed by atoms with Crippen molar-refractivity contribution in [2.75, 3.05) is 20.1 Å². The van der Waals surface area contributed by atoms with Gasteiger partial charge in [-0.05, 0) is 74.3 Å². The van der Waals surface area contributed by atoms with Crippen LogP contribution in [0.2, 0.25) is 15.1 Å². The summed E-state index contributed by atoms with van der Waals surface area (Å²) in [5.74, 6) is 0.460. The van der Waals surface area contributed by atoms with Crippen molar-refractivity contribution in [2.45, 2.75) is 25.2 Å². The number of piperidine rings is 1. The first-order valence-electron chi connectivity index (χ1n) is 9.38. The molecule has 0 aliphatic carbocycles. The second-order valence-corrected chi connectivity index (χ2v) is 8.77. The highest BCUT2D eigenvalue weighted by Gasteiger charge is 2.21. The molecule has 3 nitrogen and oxygen atoms in total. The minimum atomic E-state index is -0.0925. The lowest BCUT2D eigenvalue weighted by atomic mass is 9.89. The number of rotatable bonds is 4. The number of ketones is 1. The summed E-state index contributed by atoms with van der Waals surface area (Å²) >= 11 is 18.3. The minimum absolute atomic E-state index is 0.0925. The summed E-state index contributed by atoms with van der Waals surface area (Å²) in [6.07, 6.45) is 4.69. The molecular formula is C22H21Cl3N2O. The number of Topliss-reactive ketones (excluding diaryl/α,β-unsaturated/α-hetero) is 1. The van der Waals surface area contributed by atoms with E-state index in [0.29, 0.717) is 21.5 Å². The number of nitrogens with zero attached hydrogens (tertiary/aromatic N) is 1. The molecule has 0 amide bonds. The Bertz CT molecular complexity index is 1040. The Morgan fingerprint density at radius 3 is 2.64 bits per heavy atom. The molecule has 0 bridgehead atoms. The average Bonchev–Trinajstić information content (AvgIpc) is 3.08. The normalized spacial score (nSPS) is 16.0. The molecule has 4 rings (SSSR count). The second kappa shape index (κ2) is 8.08. The molecule has 1 fully saturated rings. The van der Waals surface area contributed by atoms with Crippen LogP contribution in [0.5, 0.6) is 0 Å². The maximum absolute atomic E-state index is 12.8. The fraction of sp³-hybridized carbons (Fsp3) is 0.318. The number of H-pyrrole nitrogens is 1. The van der Waals surface area contributed by atoms with E-state index in [-0.39, 0.29) is 17.2 Å². The molecule has 2 aromatic carbocycles. The number of likely N-dealkylation sites (tertiary alicyclic amines) is 1. The van der Waals surface area contributed by atoms with Gasteiger partial charge in [0.15, 0.2) is 5.78 Å². The minimum Gasteiger partial charge on any atom is -0.361 e. The van der Waals surface area contributed by atoms with Crippen molar-refractivity contribution in [3.8, 4) is 0 Å². The van der Waals surface area contributed by atoms with Gasteiger partial charge in [0.25, 0.3) is 0 Å². The Morgan fingerprint density at radius 1 is 1.14 bits per heavy atom. The molecule has 146 valence electrons. The fourth-order valence-electron chi connectivity index (χ4n) is 4.00. The number of aromatic nitrogens is 1. The van der Waals surface area contributed by atoms with E-state index in [2.05, 4.69) is 29.2 Å². The van der Waals surface area contributed by atoms with E-state index in [1.165, 1.54) is 10.9 Å². The summed E-state index contributed by atoms with van der Waals surface area (Å²) in [5.41, 5.74) is 3.78. The van der Waals surface area contributed by atoms with Gasteiger partial charge >= 0.3 is 0 Å². The van der Waals surface area contributed by atoms with Crippen molar-refractivity contribution in [1.82, 2.24) is 9.88 Å². The average molecular weight is 436 g/mol. The molecule has 1 aliphatic heterocycles. The van der Waals surface area contributed by atoms with E-state index in [1.807, 2.05) is 12.1 Å². The molecular weight excluding hydrogens is 415 g/mol. The Kier molecular flexibility index (Phi) is 5.71. The highest BCUT2D eigenvalue weighted by Crippen LogP contribution is 2.34. The Labute approximate surface area is 179 Å². The highest BCUT2D eigenvalue weighted by atomic mass is 35.5. The van der Waals surface area contributed by atoms with Crippen LogP contribution in [0.3, 0.4) is 0 Å². The van der Waals surface area contributed by atoms with Crippen LogP contribution in [-0.4, -0.2) is 35.8 Å². The van der Waals surface area contributed by atoms with Gasteiger partial charge in [-0.1, -0.05) is 40.9 Å². The summed E-state index contributed by atoms with van der Waals surface area (Å²) in [7, 11) is 2.17. The maximum atomic E-state index is 12.8. The molecule has 0 radical (unpaired) electrons. The van der Waals surface area contributed by atoms with Crippen molar-refractivity contribution in [3.05, 3.63) is 68.3 Å². The van der Waals surface area contributed by atoms with Crippen molar-refractivity contribution < 1.29 is 4.79 Å². The summed E-state index contributed by atoms with van der Waals surface area (Å²) in [4.78, 5) is 18.6. The zero-order valence-corrected chi connectivity index (χ0v) is 17.8. The van der Waals surface area contributed by atoms with E-state index in [0.717, 1.165) is 37.0 Å². The third-order valence-electron chi connectivity index (χ3n) is 5.59. The Balaban J connectivity index is 1.61. The van der Waals surface area contributed by atoms with Gasteiger partial charge in [-0.25, -0.2) is 0 Å². The molecule has 28 heavy (non-hydrogen) atoms. The Hall–Kier alpha value is -1.52. The second-order valence-electron chi connectivity index (χ2n) is 7.55. The molecule has 0 saturated carbocycles. The summed E-state index contributed by atoms with van der Waals surface area (Å²) in [6.45, 7) is 2.23. The number of benzene rings is 2. The van der Waals surface area contributed by atoms with Gasteiger partial charge in [-0.3, -0.25) is 4.79 Å². The number of nitrogens with one attached hydrogen (secondary N) is 1. The predicted molar refractivity (Wildman–Crippen MR) is 117 cm³/mol. The number of hydrogen-bond donors (Lipinski definition) is 1. The van der Waals surface area contributed by atoms with E-state index >= 15 is 0 Å². The van der Waals surface area contributed by atoms with Gasteiger partial charge in [-0.2, -0.15) is 0 Å². The van der Waals surface area contributed by atoms with Crippen LogP contribution in [0.15, 0.2) is 36.5 Å². The van der Waals surface area contributed by atoms with Gasteiger partial charge in [0.1, 0.15) is 0 Å². The lowest BCUT2D eigenvalue weighted by Crippen LogP contribution is -2.29. The van der Waals surface area contributed by atoms with Gasteiger partial charge in [-0.15, -0.1) is 0 Å². The number of carbonyl (C=O) groups excluding carboxylic acids is 1. The van der Waals surface area contributed by atoms with E-state index < -0.39 is 0 Å². The highest BCUT2D eigenvalue weighted by molar-refractivity contribution is 6.45. The molecule has 0 atom stereocenters. The van der Waals surface area contributed by atoms with Crippen LogP contribution in [0.4, 0.5) is 0 Å². The number of halogens is 3. The number of carbonyl (C=O) groups is 1. The number of fused-ring (bicyclic) bond motifs is 1. The quantitative estimate of drug-likeness (QED) is 0.382. The smallest absolute Gasteiger partial charge is 0.168 e. The first kappa shape index (κ1) is 19.8. The topological polar surface area (TPSA) is 36.1 Å². The molecule has 2 heterocycles. The summed E-state index contributed by atoms with van der Waals surface area (Å²) in [5, 5.41) is 2.16. The fourth-order valence-corrected chi connectivity index (χ4v) is 4.70. The van der Waals surface area contributed by atoms with Crippen molar-refractivity contribution in [3.63, 3.8) is 0 Å². The molecule has 1 N–H and O–H groups in total. The van der Waals surface area contributed by atoms with Crippen LogP contribution in [-0.2, 0) is 6.42 Å². The van der Waals surface area contributed by atoms with Crippen LogP contribution < -0.4 is 0 Å². The SMILES string of the molecule is CN1CCC(c2c[nH]c3ccc(CC(=O)c4cc(Cl)cc(Cl)c4Cl)cc23)CC1. The number of hydrogen-bond acceptors (Lipinski definition) is 2. The molecule has 1 saturated heterocycles.